The van der Waals surface area contributed by atoms with Crippen LogP contribution in [0.25, 0.3) is 0 Å². The molecule has 0 aromatic heterocycles. The molecule has 4 nitrogen and oxygen atoms in total. The first-order valence-corrected chi connectivity index (χ1v) is 9.56. The van der Waals surface area contributed by atoms with Gasteiger partial charge in [-0.15, -0.1) is 0 Å². The topological polar surface area (TPSA) is 49.4 Å². The molecule has 0 heterocycles. The molecule has 0 bridgehead atoms. The predicted molar refractivity (Wildman–Crippen MR) is 109 cm³/mol. The molecular weight excluding hydrogens is 336 g/mol. The molecule has 0 aliphatic rings. The summed E-state index contributed by atoms with van der Waals surface area (Å²) in [7, 11) is 0. The Hall–Kier alpha value is -2.62. The molecule has 1 N–H and O–H groups in total. The van der Waals surface area contributed by atoms with E-state index in [9.17, 15) is 9.59 Å². The second-order valence-electron chi connectivity index (χ2n) is 7.34. The van der Waals surface area contributed by atoms with E-state index in [4.69, 9.17) is 0 Å². The van der Waals surface area contributed by atoms with Crippen LogP contribution in [-0.2, 0) is 22.6 Å². The van der Waals surface area contributed by atoms with Gasteiger partial charge in [-0.1, -0.05) is 60.2 Å². The van der Waals surface area contributed by atoms with Crippen molar-refractivity contribution in [3.05, 3.63) is 71.3 Å². The van der Waals surface area contributed by atoms with E-state index in [0.717, 1.165) is 16.7 Å². The van der Waals surface area contributed by atoms with E-state index < -0.39 is 6.04 Å². The zero-order chi connectivity index (χ0) is 19.8. The Kier molecular flexibility index (Phi) is 7.59. The van der Waals surface area contributed by atoms with Crippen molar-refractivity contribution in [1.82, 2.24) is 10.2 Å². The lowest BCUT2D eigenvalue weighted by Crippen LogP contribution is -2.49. The lowest BCUT2D eigenvalue weighted by atomic mass is 10.1. The summed E-state index contributed by atoms with van der Waals surface area (Å²) in [6.45, 7) is 8.11. The van der Waals surface area contributed by atoms with Gasteiger partial charge in [-0.2, -0.15) is 0 Å². The Morgan fingerprint density at radius 3 is 2.26 bits per heavy atom. The molecule has 27 heavy (non-hydrogen) atoms. The lowest BCUT2D eigenvalue weighted by Gasteiger charge is -2.29. The number of hydrogen-bond acceptors (Lipinski definition) is 2. The molecule has 0 spiro atoms. The third-order valence-electron chi connectivity index (χ3n) is 4.50. The van der Waals surface area contributed by atoms with E-state index in [1.54, 1.807) is 11.8 Å². The van der Waals surface area contributed by atoms with Gasteiger partial charge in [0.2, 0.25) is 11.8 Å². The molecule has 0 saturated heterocycles. The summed E-state index contributed by atoms with van der Waals surface area (Å²) >= 11 is 0. The van der Waals surface area contributed by atoms with Crippen molar-refractivity contribution in [1.29, 1.82) is 0 Å². The molecule has 0 fully saturated rings. The van der Waals surface area contributed by atoms with Crippen molar-refractivity contribution in [2.75, 3.05) is 0 Å². The highest BCUT2D eigenvalue weighted by molar-refractivity contribution is 5.87. The maximum atomic E-state index is 13.0. The molecule has 0 radical (unpaired) electrons. The van der Waals surface area contributed by atoms with Gasteiger partial charge in [-0.25, -0.2) is 0 Å². The summed E-state index contributed by atoms with van der Waals surface area (Å²) < 4.78 is 0. The number of nitrogens with zero attached hydrogens (tertiary/aromatic N) is 1. The highest BCUT2D eigenvalue weighted by Gasteiger charge is 2.26. The highest BCUT2D eigenvalue weighted by Crippen LogP contribution is 2.14. The van der Waals surface area contributed by atoms with Crippen LogP contribution in [0.4, 0.5) is 0 Å². The van der Waals surface area contributed by atoms with Gasteiger partial charge in [-0.3, -0.25) is 9.59 Å². The monoisotopic (exact) mass is 366 g/mol. The van der Waals surface area contributed by atoms with Crippen molar-refractivity contribution in [2.45, 2.75) is 59.2 Å². The Balaban J connectivity index is 2.14. The number of hydrogen-bond donors (Lipinski definition) is 1. The first-order valence-electron chi connectivity index (χ1n) is 9.56. The van der Waals surface area contributed by atoms with Crippen LogP contribution in [0.5, 0.6) is 0 Å². The van der Waals surface area contributed by atoms with Crippen molar-refractivity contribution < 1.29 is 9.59 Å². The van der Waals surface area contributed by atoms with Gasteiger partial charge >= 0.3 is 0 Å². The van der Waals surface area contributed by atoms with Crippen molar-refractivity contribution in [2.24, 2.45) is 0 Å². The van der Waals surface area contributed by atoms with Gasteiger partial charge < -0.3 is 10.2 Å². The van der Waals surface area contributed by atoms with Gasteiger partial charge in [0, 0.05) is 19.0 Å². The first-order chi connectivity index (χ1) is 12.9. The summed E-state index contributed by atoms with van der Waals surface area (Å²) in [6, 6.07) is 17.6. The standard InChI is InChI=1S/C23H30N2O2/c1-17(2)24-23(27)19(4)25(16-21-12-8-9-18(3)15-21)22(26)14-13-20-10-6-5-7-11-20/h5-12,15,17,19H,13-14,16H2,1-4H3,(H,24,27)/t19-/m0/s1. The molecular formula is C23H30N2O2. The predicted octanol–water partition coefficient (Wildman–Crippen LogP) is 3.87. The van der Waals surface area contributed by atoms with Crippen LogP contribution < -0.4 is 5.32 Å². The van der Waals surface area contributed by atoms with Crippen LogP contribution in [0, 0.1) is 6.92 Å². The third kappa shape index (κ3) is 6.55. The summed E-state index contributed by atoms with van der Waals surface area (Å²) in [5.41, 5.74) is 3.30. The summed E-state index contributed by atoms with van der Waals surface area (Å²) in [6.07, 6.45) is 1.05. The third-order valence-corrected chi connectivity index (χ3v) is 4.50. The van der Waals surface area contributed by atoms with Gasteiger partial charge in [-0.05, 0) is 45.2 Å². The van der Waals surface area contributed by atoms with Gasteiger partial charge in [0.05, 0.1) is 0 Å². The van der Waals surface area contributed by atoms with E-state index in [-0.39, 0.29) is 17.9 Å². The van der Waals surface area contributed by atoms with Crippen LogP contribution >= 0.6 is 0 Å². The summed E-state index contributed by atoms with van der Waals surface area (Å²) in [5.74, 6) is -0.127. The molecule has 0 aliphatic carbocycles. The van der Waals surface area contributed by atoms with Crippen LogP contribution in [0.3, 0.4) is 0 Å². The van der Waals surface area contributed by atoms with Crippen LogP contribution in [0.15, 0.2) is 54.6 Å². The fourth-order valence-electron chi connectivity index (χ4n) is 3.03. The second-order valence-corrected chi connectivity index (χ2v) is 7.34. The average molecular weight is 367 g/mol. The van der Waals surface area contributed by atoms with E-state index >= 15 is 0 Å². The Morgan fingerprint density at radius 2 is 1.63 bits per heavy atom. The minimum atomic E-state index is -0.517. The largest absolute Gasteiger partial charge is 0.352 e. The van der Waals surface area contributed by atoms with E-state index in [1.165, 1.54) is 0 Å². The van der Waals surface area contributed by atoms with Gasteiger partial charge in [0.1, 0.15) is 6.04 Å². The summed E-state index contributed by atoms with van der Waals surface area (Å²) in [5, 5.41) is 2.92. The van der Waals surface area contributed by atoms with Crippen molar-refractivity contribution in [3.8, 4) is 0 Å². The number of carbonyl (C=O) groups is 2. The lowest BCUT2D eigenvalue weighted by molar-refractivity contribution is -0.140. The molecule has 0 unspecified atom stereocenters. The second kappa shape index (κ2) is 9.91. The normalized spacial score (nSPS) is 11.9. The smallest absolute Gasteiger partial charge is 0.242 e. The van der Waals surface area contributed by atoms with Crippen molar-refractivity contribution >= 4 is 11.8 Å². The molecule has 0 aliphatic heterocycles. The van der Waals surface area contributed by atoms with E-state index in [0.29, 0.717) is 19.4 Å². The van der Waals surface area contributed by atoms with Crippen molar-refractivity contribution in [3.63, 3.8) is 0 Å². The molecule has 0 saturated carbocycles. The van der Waals surface area contributed by atoms with Gasteiger partial charge in [0.15, 0.2) is 0 Å². The number of carbonyl (C=O) groups excluding carboxylic acids is 2. The Labute approximate surface area is 162 Å². The molecule has 2 aromatic rings. The summed E-state index contributed by atoms with van der Waals surface area (Å²) in [4.78, 5) is 27.2. The molecule has 2 rings (SSSR count). The molecule has 2 aromatic carbocycles. The minimum Gasteiger partial charge on any atom is -0.352 e. The minimum absolute atomic E-state index is 0.00762. The number of aryl methyl sites for hydroxylation is 2. The fraction of sp³-hybridized carbons (Fsp3) is 0.391. The molecule has 2 amide bonds. The number of rotatable bonds is 8. The van der Waals surface area contributed by atoms with Crippen LogP contribution in [0.2, 0.25) is 0 Å². The molecule has 1 atom stereocenters. The number of benzene rings is 2. The Bertz CT molecular complexity index is 756. The highest BCUT2D eigenvalue weighted by atomic mass is 16.2. The zero-order valence-corrected chi connectivity index (χ0v) is 16.7. The molecule has 144 valence electrons. The van der Waals surface area contributed by atoms with Gasteiger partial charge in [0.25, 0.3) is 0 Å². The first kappa shape index (κ1) is 20.7. The molecule has 4 heteroatoms. The zero-order valence-electron chi connectivity index (χ0n) is 16.7. The van der Waals surface area contributed by atoms with Crippen LogP contribution in [0.1, 0.15) is 43.9 Å². The SMILES string of the molecule is Cc1cccc(CN(C(=O)CCc2ccccc2)[C@@H](C)C(=O)NC(C)C)c1. The quantitative estimate of drug-likeness (QED) is 0.771. The van der Waals surface area contributed by atoms with Crippen LogP contribution in [-0.4, -0.2) is 28.8 Å². The number of amides is 2. The van der Waals surface area contributed by atoms with E-state index in [1.807, 2.05) is 69.3 Å². The average Bonchev–Trinajstić information content (AvgIpc) is 2.64. The fourth-order valence-corrected chi connectivity index (χ4v) is 3.03. The Morgan fingerprint density at radius 1 is 0.963 bits per heavy atom. The number of nitrogens with one attached hydrogen (secondary N) is 1. The van der Waals surface area contributed by atoms with E-state index in [2.05, 4.69) is 11.4 Å². The maximum absolute atomic E-state index is 13.0. The maximum Gasteiger partial charge on any atom is 0.242 e.